The Bertz CT molecular complexity index is 611. The van der Waals surface area contributed by atoms with E-state index in [1.807, 2.05) is 0 Å². The van der Waals surface area contributed by atoms with Crippen LogP contribution >= 0.6 is 0 Å². The minimum absolute atomic E-state index is 0.0232. The van der Waals surface area contributed by atoms with Crippen LogP contribution in [0.3, 0.4) is 0 Å². The molecule has 1 atom stereocenters. The molecule has 1 aliphatic heterocycles. The van der Waals surface area contributed by atoms with E-state index in [2.05, 4.69) is 69.5 Å². The number of ether oxygens (including phenoxy) is 1. The molecule has 2 N–H and O–H groups in total. The highest BCUT2D eigenvalue weighted by molar-refractivity contribution is 5.43. The SMILES string of the molecule is CC(C)(C)c1ccc(OCC(O)CN2CCN(CCO)CC2)c(C(C)(C)C)c1. The van der Waals surface area contributed by atoms with Crippen molar-refractivity contribution >= 4 is 0 Å². The van der Waals surface area contributed by atoms with Crippen LogP contribution in [0.2, 0.25) is 0 Å². The quantitative estimate of drug-likeness (QED) is 0.747. The number of nitrogens with zero attached hydrogens (tertiary/aromatic N) is 2. The van der Waals surface area contributed by atoms with Gasteiger partial charge in [0, 0.05) is 39.3 Å². The zero-order chi connectivity index (χ0) is 20.9. The zero-order valence-corrected chi connectivity index (χ0v) is 18.7. The molecule has 5 nitrogen and oxygen atoms in total. The minimum atomic E-state index is -0.514. The smallest absolute Gasteiger partial charge is 0.123 e. The first-order chi connectivity index (χ1) is 13.0. The summed E-state index contributed by atoms with van der Waals surface area (Å²) in [6.07, 6.45) is -0.514. The van der Waals surface area contributed by atoms with Crippen molar-refractivity contribution in [3.63, 3.8) is 0 Å². The van der Waals surface area contributed by atoms with Gasteiger partial charge >= 0.3 is 0 Å². The second kappa shape index (κ2) is 9.57. The summed E-state index contributed by atoms with van der Waals surface area (Å²) in [6.45, 7) is 18.9. The van der Waals surface area contributed by atoms with Gasteiger partial charge in [-0.3, -0.25) is 9.80 Å². The van der Waals surface area contributed by atoms with Crippen molar-refractivity contribution in [3.8, 4) is 5.75 Å². The van der Waals surface area contributed by atoms with Gasteiger partial charge < -0.3 is 14.9 Å². The third kappa shape index (κ3) is 6.73. The van der Waals surface area contributed by atoms with Gasteiger partial charge in [0.15, 0.2) is 0 Å². The molecule has 0 amide bonds. The topological polar surface area (TPSA) is 56.2 Å². The van der Waals surface area contributed by atoms with E-state index in [4.69, 9.17) is 9.84 Å². The predicted molar refractivity (Wildman–Crippen MR) is 115 cm³/mol. The normalized spacial score (nSPS) is 18.3. The standard InChI is InChI=1S/C23H40N2O3/c1-22(2,3)18-7-8-21(20(15-18)23(4,5)6)28-17-19(27)16-25-11-9-24(10-12-25)13-14-26/h7-8,15,19,26-27H,9-14,16-17H2,1-6H3. The highest BCUT2D eigenvalue weighted by Gasteiger charge is 2.24. The van der Waals surface area contributed by atoms with Crippen molar-refractivity contribution in [2.75, 3.05) is 52.5 Å². The fourth-order valence-electron chi connectivity index (χ4n) is 3.58. The Morgan fingerprint density at radius 1 is 0.964 bits per heavy atom. The molecule has 1 saturated heterocycles. The Labute approximate surface area is 171 Å². The number of aliphatic hydroxyl groups is 2. The van der Waals surface area contributed by atoms with Crippen molar-refractivity contribution in [2.45, 2.75) is 58.5 Å². The number of β-amino-alcohol motifs (C(OH)–C–C–N with tert-alkyl or cyclic N) is 2. The maximum absolute atomic E-state index is 10.5. The lowest BCUT2D eigenvalue weighted by Gasteiger charge is -2.35. The maximum atomic E-state index is 10.5. The second-order valence-electron chi connectivity index (χ2n) is 10.0. The minimum Gasteiger partial charge on any atom is -0.491 e. The van der Waals surface area contributed by atoms with Crippen LogP contribution in [-0.4, -0.2) is 78.6 Å². The van der Waals surface area contributed by atoms with E-state index >= 15 is 0 Å². The molecular formula is C23H40N2O3. The van der Waals surface area contributed by atoms with Gasteiger partial charge in [-0.1, -0.05) is 53.7 Å². The van der Waals surface area contributed by atoms with Crippen LogP contribution in [0.15, 0.2) is 18.2 Å². The Balaban J connectivity index is 1.94. The summed E-state index contributed by atoms with van der Waals surface area (Å²) in [5, 5.41) is 19.5. The van der Waals surface area contributed by atoms with Crippen LogP contribution in [0.5, 0.6) is 5.75 Å². The van der Waals surface area contributed by atoms with E-state index in [0.29, 0.717) is 13.2 Å². The summed E-state index contributed by atoms with van der Waals surface area (Å²) < 4.78 is 6.07. The lowest BCUT2D eigenvalue weighted by Crippen LogP contribution is -2.49. The fraction of sp³-hybridized carbons (Fsp3) is 0.739. The molecule has 1 aromatic rings. The summed E-state index contributed by atoms with van der Waals surface area (Å²) >= 11 is 0. The highest BCUT2D eigenvalue weighted by atomic mass is 16.5. The van der Waals surface area contributed by atoms with Gasteiger partial charge in [-0.05, 0) is 28.0 Å². The lowest BCUT2D eigenvalue weighted by atomic mass is 9.80. The van der Waals surface area contributed by atoms with Crippen LogP contribution in [0, 0.1) is 0 Å². The van der Waals surface area contributed by atoms with Crippen molar-refractivity contribution in [1.29, 1.82) is 0 Å². The summed E-state index contributed by atoms with van der Waals surface area (Å²) in [6, 6.07) is 6.45. The Morgan fingerprint density at radius 2 is 1.57 bits per heavy atom. The molecule has 1 aromatic carbocycles. The third-order valence-electron chi connectivity index (χ3n) is 5.43. The Hall–Kier alpha value is -1.14. The average molecular weight is 393 g/mol. The van der Waals surface area contributed by atoms with Crippen LogP contribution in [0.4, 0.5) is 0 Å². The van der Waals surface area contributed by atoms with Gasteiger partial charge in [0.05, 0.1) is 6.61 Å². The van der Waals surface area contributed by atoms with Gasteiger partial charge in [-0.2, -0.15) is 0 Å². The van der Waals surface area contributed by atoms with E-state index < -0.39 is 6.10 Å². The number of piperazine rings is 1. The molecule has 1 unspecified atom stereocenters. The number of aliphatic hydroxyl groups excluding tert-OH is 2. The van der Waals surface area contributed by atoms with Gasteiger partial charge in [-0.25, -0.2) is 0 Å². The number of hydrogen-bond donors (Lipinski definition) is 2. The van der Waals surface area contributed by atoms with Gasteiger partial charge in [0.25, 0.3) is 0 Å². The molecule has 0 spiro atoms. The predicted octanol–water partition coefficient (Wildman–Crippen LogP) is 2.63. The summed E-state index contributed by atoms with van der Waals surface area (Å²) in [4.78, 5) is 4.53. The van der Waals surface area contributed by atoms with Crippen molar-refractivity contribution < 1.29 is 14.9 Å². The number of rotatable bonds is 7. The number of benzene rings is 1. The molecule has 0 aliphatic carbocycles. The Kier molecular flexibility index (Phi) is 7.91. The molecule has 0 saturated carbocycles. The van der Waals surface area contributed by atoms with Gasteiger partial charge in [0.2, 0.25) is 0 Å². The fourth-order valence-corrected chi connectivity index (χ4v) is 3.58. The van der Waals surface area contributed by atoms with E-state index in [-0.39, 0.29) is 17.4 Å². The molecule has 160 valence electrons. The van der Waals surface area contributed by atoms with Crippen molar-refractivity contribution in [2.24, 2.45) is 0 Å². The number of hydrogen-bond acceptors (Lipinski definition) is 5. The molecule has 1 heterocycles. The van der Waals surface area contributed by atoms with Crippen LogP contribution in [-0.2, 0) is 10.8 Å². The van der Waals surface area contributed by atoms with E-state index in [0.717, 1.165) is 38.5 Å². The summed E-state index contributed by atoms with van der Waals surface area (Å²) in [7, 11) is 0. The molecule has 5 heteroatoms. The zero-order valence-electron chi connectivity index (χ0n) is 18.7. The average Bonchev–Trinajstić information content (AvgIpc) is 2.60. The molecule has 0 aromatic heterocycles. The first-order valence-corrected chi connectivity index (χ1v) is 10.5. The molecule has 1 fully saturated rings. The van der Waals surface area contributed by atoms with Gasteiger partial charge in [0.1, 0.15) is 18.5 Å². The van der Waals surface area contributed by atoms with Crippen LogP contribution in [0.25, 0.3) is 0 Å². The first-order valence-electron chi connectivity index (χ1n) is 10.5. The van der Waals surface area contributed by atoms with E-state index in [1.165, 1.54) is 11.1 Å². The largest absolute Gasteiger partial charge is 0.491 e. The van der Waals surface area contributed by atoms with Crippen molar-refractivity contribution in [3.05, 3.63) is 29.3 Å². The summed E-state index contributed by atoms with van der Waals surface area (Å²) in [5.74, 6) is 0.868. The molecule has 0 bridgehead atoms. The monoisotopic (exact) mass is 392 g/mol. The Morgan fingerprint density at radius 3 is 2.11 bits per heavy atom. The first kappa shape index (κ1) is 23.1. The third-order valence-corrected chi connectivity index (χ3v) is 5.43. The molecule has 2 rings (SSSR count). The van der Waals surface area contributed by atoms with Gasteiger partial charge in [-0.15, -0.1) is 0 Å². The molecular weight excluding hydrogens is 352 g/mol. The molecule has 0 radical (unpaired) electrons. The maximum Gasteiger partial charge on any atom is 0.123 e. The lowest BCUT2D eigenvalue weighted by molar-refractivity contribution is 0.0424. The van der Waals surface area contributed by atoms with E-state index in [9.17, 15) is 5.11 Å². The van der Waals surface area contributed by atoms with Crippen molar-refractivity contribution in [1.82, 2.24) is 9.80 Å². The van der Waals surface area contributed by atoms with E-state index in [1.54, 1.807) is 0 Å². The summed E-state index contributed by atoms with van der Waals surface area (Å²) in [5.41, 5.74) is 2.55. The second-order valence-corrected chi connectivity index (χ2v) is 10.0. The van der Waals surface area contributed by atoms with Crippen LogP contribution < -0.4 is 4.74 Å². The van der Waals surface area contributed by atoms with Crippen LogP contribution in [0.1, 0.15) is 52.7 Å². The molecule has 1 aliphatic rings. The highest BCUT2D eigenvalue weighted by Crippen LogP contribution is 2.35. The molecule has 28 heavy (non-hydrogen) atoms.